The van der Waals surface area contributed by atoms with Crippen molar-refractivity contribution in [1.29, 1.82) is 0 Å². The minimum Gasteiger partial charge on any atom is -0.379 e. The fraction of sp³-hybridized carbons (Fsp3) is 0.318. The summed E-state index contributed by atoms with van der Waals surface area (Å²) in [6, 6.07) is 15.6. The molecule has 7 nitrogen and oxygen atoms in total. The number of hydrogen-bond donors (Lipinski definition) is 1. The molecule has 0 bridgehead atoms. The number of nitro groups is 1. The molecule has 1 heterocycles. The van der Waals surface area contributed by atoms with Crippen LogP contribution in [0.15, 0.2) is 54.6 Å². The van der Waals surface area contributed by atoms with Crippen LogP contribution >= 0.6 is 0 Å². The van der Waals surface area contributed by atoms with Crippen molar-refractivity contribution in [3.8, 4) is 0 Å². The number of rotatable bonds is 8. The second-order valence-electron chi connectivity index (χ2n) is 6.84. The van der Waals surface area contributed by atoms with Crippen LogP contribution < -0.4 is 5.32 Å². The Morgan fingerprint density at radius 1 is 1.14 bits per heavy atom. The van der Waals surface area contributed by atoms with E-state index in [4.69, 9.17) is 4.74 Å². The van der Waals surface area contributed by atoms with E-state index in [1.165, 1.54) is 12.1 Å². The fourth-order valence-corrected chi connectivity index (χ4v) is 3.22. The second-order valence-corrected chi connectivity index (χ2v) is 6.84. The Labute approximate surface area is 170 Å². The third-order valence-corrected chi connectivity index (χ3v) is 4.76. The van der Waals surface area contributed by atoms with Gasteiger partial charge in [-0.15, -0.1) is 0 Å². The molecule has 2 aromatic carbocycles. The Hall–Kier alpha value is -3.03. The van der Waals surface area contributed by atoms with E-state index in [1.807, 2.05) is 30.3 Å². The Bertz CT molecular complexity index is 861. The number of amides is 1. The number of non-ortho nitro benzene ring substituents is 1. The van der Waals surface area contributed by atoms with Crippen molar-refractivity contribution in [2.75, 3.05) is 39.4 Å². The molecule has 0 spiro atoms. The van der Waals surface area contributed by atoms with Gasteiger partial charge in [-0.1, -0.05) is 42.5 Å². The number of ether oxygens (including phenoxy) is 1. The predicted molar refractivity (Wildman–Crippen MR) is 112 cm³/mol. The van der Waals surface area contributed by atoms with Crippen LogP contribution in [-0.4, -0.2) is 55.1 Å². The van der Waals surface area contributed by atoms with Gasteiger partial charge < -0.3 is 10.1 Å². The van der Waals surface area contributed by atoms with Crippen molar-refractivity contribution in [3.63, 3.8) is 0 Å². The lowest BCUT2D eigenvalue weighted by atomic mass is 10.0. The van der Waals surface area contributed by atoms with Crippen LogP contribution in [0, 0.1) is 10.1 Å². The Morgan fingerprint density at radius 3 is 2.62 bits per heavy atom. The van der Waals surface area contributed by atoms with E-state index in [0.29, 0.717) is 17.7 Å². The quantitative estimate of drug-likeness (QED) is 0.244. The van der Waals surface area contributed by atoms with Crippen LogP contribution in [-0.2, 0) is 9.53 Å². The molecule has 1 fully saturated rings. The summed E-state index contributed by atoms with van der Waals surface area (Å²) < 4.78 is 5.34. The number of carbonyl (C=O) groups excluding carboxylic acids is 1. The van der Waals surface area contributed by atoms with E-state index in [0.717, 1.165) is 44.8 Å². The van der Waals surface area contributed by atoms with Crippen molar-refractivity contribution in [2.45, 2.75) is 6.42 Å². The molecule has 2 aromatic rings. The van der Waals surface area contributed by atoms with E-state index < -0.39 is 4.92 Å². The van der Waals surface area contributed by atoms with E-state index >= 15 is 0 Å². The van der Waals surface area contributed by atoms with Gasteiger partial charge in [0.1, 0.15) is 0 Å². The van der Waals surface area contributed by atoms with Gasteiger partial charge in [0.2, 0.25) is 0 Å². The maximum atomic E-state index is 12.9. The third-order valence-electron chi connectivity index (χ3n) is 4.76. The smallest absolute Gasteiger partial charge is 0.270 e. The topological polar surface area (TPSA) is 84.7 Å². The largest absolute Gasteiger partial charge is 0.379 e. The molecular formula is C22H25N3O4. The van der Waals surface area contributed by atoms with Crippen LogP contribution in [0.1, 0.15) is 17.5 Å². The number of hydrogen-bond acceptors (Lipinski definition) is 5. The van der Waals surface area contributed by atoms with Crippen LogP contribution in [0.25, 0.3) is 11.6 Å². The monoisotopic (exact) mass is 395 g/mol. The normalized spacial score (nSPS) is 15.1. The first-order valence-electron chi connectivity index (χ1n) is 9.73. The molecule has 29 heavy (non-hydrogen) atoms. The maximum Gasteiger partial charge on any atom is 0.270 e. The first kappa shape index (κ1) is 20.7. The molecule has 3 rings (SSSR count). The van der Waals surface area contributed by atoms with Gasteiger partial charge in [0.15, 0.2) is 0 Å². The number of carbonyl (C=O) groups is 1. The summed E-state index contributed by atoms with van der Waals surface area (Å²) in [5.74, 6) is -0.190. The van der Waals surface area contributed by atoms with Crippen molar-refractivity contribution in [1.82, 2.24) is 10.2 Å². The minimum atomic E-state index is -0.439. The summed E-state index contributed by atoms with van der Waals surface area (Å²) in [4.78, 5) is 25.8. The van der Waals surface area contributed by atoms with Gasteiger partial charge in [0.25, 0.3) is 11.6 Å². The van der Waals surface area contributed by atoms with E-state index in [-0.39, 0.29) is 11.6 Å². The molecule has 7 heteroatoms. The average Bonchev–Trinajstić information content (AvgIpc) is 2.76. The van der Waals surface area contributed by atoms with Gasteiger partial charge in [-0.2, -0.15) is 0 Å². The van der Waals surface area contributed by atoms with Gasteiger partial charge >= 0.3 is 0 Å². The number of morpholine rings is 1. The Morgan fingerprint density at radius 2 is 1.90 bits per heavy atom. The highest BCUT2D eigenvalue weighted by atomic mass is 16.6. The molecule has 0 atom stereocenters. The molecule has 0 saturated carbocycles. The van der Waals surface area contributed by atoms with E-state index in [9.17, 15) is 14.9 Å². The zero-order valence-corrected chi connectivity index (χ0v) is 16.3. The summed E-state index contributed by atoms with van der Waals surface area (Å²) in [7, 11) is 0. The molecule has 0 unspecified atom stereocenters. The van der Waals surface area contributed by atoms with Crippen LogP contribution in [0.3, 0.4) is 0 Å². The van der Waals surface area contributed by atoms with E-state index in [1.54, 1.807) is 18.2 Å². The summed E-state index contributed by atoms with van der Waals surface area (Å²) in [6.07, 6.45) is 2.55. The zero-order valence-electron chi connectivity index (χ0n) is 16.3. The summed E-state index contributed by atoms with van der Waals surface area (Å²) in [6.45, 7) is 4.85. The molecule has 152 valence electrons. The summed E-state index contributed by atoms with van der Waals surface area (Å²) >= 11 is 0. The van der Waals surface area contributed by atoms with Gasteiger partial charge in [-0.05, 0) is 30.2 Å². The number of nitrogens with one attached hydrogen (secondary N) is 1. The van der Waals surface area contributed by atoms with Crippen molar-refractivity contribution >= 4 is 23.2 Å². The Balaban J connectivity index is 1.69. The zero-order chi connectivity index (χ0) is 20.5. The molecule has 1 N–H and O–H groups in total. The van der Waals surface area contributed by atoms with Crippen LogP contribution in [0.4, 0.5) is 5.69 Å². The van der Waals surface area contributed by atoms with Crippen molar-refractivity contribution in [3.05, 3.63) is 75.8 Å². The predicted octanol–water partition coefficient (Wildman–Crippen LogP) is 2.97. The van der Waals surface area contributed by atoms with Crippen LogP contribution in [0.5, 0.6) is 0 Å². The highest BCUT2D eigenvalue weighted by molar-refractivity contribution is 6.24. The number of benzene rings is 2. The summed E-state index contributed by atoms with van der Waals surface area (Å²) in [5.41, 5.74) is 1.86. The third kappa shape index (κ3) is 6.23. The standard InChI is InChI=1S/C22H25N3O4/c26-22(23-10-5-11-24-12-14-29-15-13-24)21(19-7-2-1-3-8-19)17-18-6-4-9-20(16-18)25(27)28/h1-4,6-9,16-17H,5,10-15H2,(H,23,26)/b21-17+. The van der Waals surface area contributed by atoms with Gasteiger partial charge in [-0.3, -0.25) is 19.8 Å². The highest BCUT2D eigenvalue weighted by Gasteiger charge is 2.14. The molecule has 0 aliphatic carbocycles. The van der Waals surface area contributed by atoms with Gasteiger partial charge in [-0.25, -0.2) is 0 Å². The van der Waals surface area contributed by atoms with Gasteiger partial charge in [0.05, 0.1) is 18.1 Å². The molecule has 1 amide bonds. The molecule has 1 saturated heterocycles. The molecule has 1 aliphatic rings. The first-order valence-corrected chi connectivity index (χ1v) is 9.73. The molecule has 0 aromatic heterocycles. The van der Waals surface area contributed by atoms with Crippen molar-refractivity contribution < 1.29 is 14.5 Å². The molecule has 0 radical (unpaired) electrons. The van der Waals surface area contributed by atoms with Gasteiger partial charge in [0, 0.05) is 37.3 Å². The molecular weight excluding hydrogens is 370 g/mol. The lowest BCUT2D eigenvalue weighted by Gasteiger charge is -2.26. The van der Waals surface area contributed by atoms with Crippen LogP contribution in [0.2, 0.25) is 0 Å². The number of nitro benzene ring substituents is 1. The lowest BCUT2D eigenvalue weighted by Crippen LogP contribution is -2.38. The SMILES string of the molecule is O=C(NCCCN1CCOCC1)/C(=C/c1cccc([N+](=O)[O-])c1)c1ccccc1. The molecule has 1 aliphatic heterocycles. The Kier molecular flexibility index (Phi) is 7.49. The highest BCUT2D eigenvalue weighted by Crippen LogP contribution is 2.21. The van der Waals surface area contributed by atoms with Crippen molar-refractivity contribution in [2.24, 2.45) is 0 Å². The second kappa shape index (κ2) is 10.5. The minimum absolute atomic E-state index is 0.00270. The maximum absolute atomic E-state index is 12.9. The number of nitrogens with zero attached hydrogens (tertiary/aromatic N) is 2. The van der Waals surface area contributed by atoms with E-state index in [2.05, 4.69) is 10.2 Å². The lowest BCUT2D eigenvalue weighted by molar-refractivity contribution is -0.384. The fourth-order valence-electron chi connectivity index (χ4n) is 3.22. The summed E-state index contributed by atoms with van der Waals surface area (Å²) in [5, 5.41) is 14.0. The first-order chi connectivity index (χ1) is 14.1. The average molecular weight is 395 g/mol.